The van der Waals surface area contributed by atoms with E-state index in [0.29, 0.717) is 5.84 Å². The molecule has 0 aliphatic rings. The molecule has 1 atom stereocenters. The van der Waals surface area contributed by atoms with Crippen LogP contribution in [0.5, 0.6) is 0 Å². The van der Waals surface area contributed by atoms with Crippen LogP contribution in [0.3, 0.4) is 0 Å². The third kappa shape index (κ3) is 11.5. The molecule has 0 heterocycles. The van der Waals surface area contributed by atoms with Crippen molar-refractivity contribution < 1.29 is 0 Å². The van der Waals surface area contributed by atoms with Gasteiger partial charge in [-0.15, -0.1) is 0 Å². The molecule has 0 fully saturated rings. The maximum atomic E-state index is 5.48. The Hall–Kier alpha value is -0.530. The second kappa shape index (κ2) is 11.0. The minimum Gasteiger partial charge on any atom is -0.388 e. The van der Waals surface area contributed by atoms with E-state index in [-0.39, 0.29) is 0 Å². The third-order valence-corrected chi connectivity index (χ3v) is 3.02. The quantitative estimate of drug-likeness (QED) is 0.339. The minimum atomic E-state index is 0.715. The Morgan fingerprint density at radius 1 is 1.06 bits per heavy atom. The van der Waals surface area contributed by atoms with Gasteiger partial charge in [-0.05, 0) is 19.3 Å². The maximum absolute atomic E-state index is 5.48. The first kappa shape index (κ1) is 15.5. The predicted octanol–water partition coefficient (Wildman–Crippen LogP) is 4.14. The molecular weight excluding hydrogens is 196 g/mol. The van der Waals surface area contributed by atoms with E-state index in [1.54, 1.807) is 0 Å². The van der Waals surface area contributed by atoms with Crippen LogP contribution in [0.15, 0.2) is 4.99 Å². The summed E-state index contributed by atoms with van der Waals surface area (Å²) in [4.78, 5) is 4.20. The van der Waals surface area contributed by atoms with Crippen molar-refractivity contribution in [2.24, 2.45) is 16.6 Å². The number of nitrogens with zero attached hydrogens (tertiary/aromatic N) is 1. The standard InChI is InChI=1S/C14H30N2/c1-4-5-6-7-10-13(2)11-8-9-12-16-14(3)15/h13H,4-12H2,1-3H3,(H2,15,16). The fourth-order valence-electron chi connectivity index (χ4n) is 1.92. The summed E-state index contributed by atoms with van der Waals surface area (Å²) >= 11 is 0. The molecular formula is C14H30N2. The zero-order valence-electron chi connectivity index (χ0n) is 11.5. The summed E-state index contributed by atoms with van der Waals surface area (Å²) in [5.74, 6) is 1.60. The lowest BCUT2D eigenvalue weighted by atomic mass is 9.97. The first-order chi connectivity index (χ1) is 7.66. The molecule has 1 unspecified atom stereocenters. The summed E-state index contributed by atoms with van der Waals surface area (Å²) in [5.41, 5.74) is 5.48. The second-order valence-electron chi connectivity index (χ2n) is 4.97. The van der Waals surface area contributed by atoms with Crippen molar-refractivity contribution in [1.82, 2.24) is 0 Å². The number of rotatable bonds is 10. The van der Waals surface area contributed by atoms with Crippen molar-refractivity contribution >= 4 is 5.84 Å². The Bertz CT molecular complexity index is 172. The van der Waals surface area contributed by atoms with E-state index in [1.165, 1.54) is 51.4 Å². The lowest BCUT2D eigenvalue weighted by molar-refractivity contribution is 0.442. The van der Waals surface area contributed by atoms with Gasteiger partial charge in [0.1, 0.15) is 0 Å². The van der Waals surface area contributed by atoms with Crippen LogP contribution >= 0.6 is 0 Å². The Morgan fingerprint density at radius 3 is 2.25 bits per heavy atom. The van der Waals surface area contributed by atoms with E-state index in [2.05, 4.69) is 18.8 Å². The molecule has 0 spiro atoms. The molecule has 0 aromatic carbocycles. The van der Waals surface area contributed by atoms with Crippen LogP contribution in [0.1, 0.15) is 72.1 Å². The number of hydrogen-bond donors (Lipinski definition) is 1. The van der Waals surface area contributed by atoms with Gasteiger partial charge in [-0.2, -0.15) is 0 Å². The van der Waals surface area contributed by atoms with Crippen LogP contribution in [-0.2, 0) is 0 Å². The van der Waals surface area contributed by atoms with Crippen LogP contribution in [0.2, 0.25) is 0 Å². The minimum absolute atomic E-state index is 0.715. The van der Waals surface area contributed by atoms with Gasteiger partial charge in [-0.3, -0.25) is 4.99 Å². The van der Waals surface area contributed by atoms with E-state index < -0.39 is 0 Å². The summed E-state index contributed by atoms with van der Waals surface area (Å²) in [6.07, 6.45) is 10.8. The van der Waals surface area contributed by atoms with Crippen molar-refractivity contribution in [1.29, 1.82) is 0 Å². The second-order valence-corrected chi connectivity index (χ2v) is 4.97. The number of nitrogens with two attached hydrogens (primary N) is 1. The molecule has 0 aliphatic heterocycles. The van der Waals surface area contributed by atoms with Crippen LogP contribution < -0.4 is 5.73 Å². The molecule has 0 bridgehead atoms. The van der Waals surface area contributed by atoms with Gasteiger partial charge in [-0.1, -0.05) is 58.8 Å². The van der Waals surface area contributed by atoms with Gasteiger partial charge in [0.15, 0.2) is 0 Å². The molecule has 16 heavy (non-hydrogen) atoms. The monoisotopic (exact) mass is 226 g/mol. The highest BCUT2D eigenvalue weighted by molar-refractivity contribution is 5.77. The molecule has 0 radical (unpaired) electrons. The van der Waals surface area contributed by atoms with Gasteiger partial charge in [0.05, 0.1) is 5.84 Å². The highest BCUT2D eigenvalue weighted by Gasteiger charge is 2.01. The van der Waals surface area contributed by atoms with Gasteiger partial charge in [0, 0.05) is 6.54 Å². The number of hydrogen-bond acceptors (Lipinski definition) is 1. The number of amidine groups is 1. The summed E-state index contributed by atoms with van der Waals surface area (Å²) in [7, 11) is 0. The van der Waals surface area contributed by atoms with Crippen molar-refractivity contribution in [3.05, 3.63) is 0 Å². The molecule has 0 aromatic rings. The normalized spacial score (nSPS) is 14.1. The summed E-state index contributed by atoms with van der Waals surface area (Å²) < 4.78 is 0. The van der Waals surface area contributed by atoms with Gasteiger partial charge < -0.3 is 5.73 Å². The first-order valence-corrected chi connectivity index (χ1v) is 6.93. The Labute approximate surface area is 102 Å². The largest absolute Gasteiger partial charge is 0.388 e. The lowest BCUT2D eigenvalue weighted by Gasteiger charge is -2.10. The molecule has 0 rings (SSSR count). The van der Waals surface area contributed by atoms with Crippen LogP contribution in [-0.4, -0.2) is 12.4 Å². The highest BCUT2D eigenvalue weighted by atomic mass is 14.8. The van der Waals surface area contributed by atoms with Crippen LogP contribution in [0.25, 0.3) is 0 Å². The highest BCUT2D eigenvalue weighted by Crippen LogP contribution is 2.16. The predicted molar refractivity (Wildman–Crippen MR) is 73.9 cm³/mol. The van der Waals surface area contributed by atoms with E-state index in [9.17, 15) is 0 Å². The zero-order chi connectivity index (χ0) is 12.2. The number of unbranched alkanes of at least 4 members (excludes halogenated alkanes) is 4. The first-order valence-electron chi connectivity index (χ1n) is 6.93. The average molecular weight is 226 g/mol. The molecule has 0 amide bonds. The molecule has 2 nitrogen and oxygen atoms in total. The van der Waals surface area contributed by atoms with E-state index in [0.717, 1.165) is 12.5 Å². The van der Waals surface area contributed by atoms with E-state index >= 15 is 0 Å². The van der Waals surface area contributed by atoms with Crippen molar-refractivity contribution in [2.45, 2.75) is 72.1 Å². The fraction of sp³-hybridized carbons (Fsp3) is 0.929. The smallest absolute Gasteiger partial charge is 0.0905 e. The lowest BCUT2D eigenvalue weighted by Crippen LogP contribution is -2.06. The Kier molecular flexibility index (Phi) is 10.6. The van der Waals surface area contributed by atoms with Gasteiger partial charge >= 0.3 is 0 Å². The average Bonchev–Trinajstić information content (AvgIpc) is 2.23. The molecule has 0 aromatic heterocycles. The maximum Gasteiger partial charge on any atom is 0.0905 e. The van der Waals surface area contributed by atoms with E-state index in [4.69, 9.17) is 5.73 Å². The zero-order valence-corrected chi connectivity index (χ0v) is 11.5. The van der Waals surface area contributed by atoms with E-state index in [1.807, 2.05) is 6.92 Å². The topological polar surface area (TPSA) is 38.4 Å². The van der Waals surface area contributed by atoms with Gasteiger partial charge in [0.25, 0.3) is 0 Å². The summed E-state index contributed by atoms with van der Waals surface area (Å²) in [5, 5.41) is 0. The van der Waals surface area contributed by atoms with Crippen molar-refractivity contribution in [3.63, 3.8) is 0 Å². The molecule has 0 saturated carbocycles. The van der Waals surface area contributed by atoms with Crippen molar-refractivity contribution in [2.75, 3.05) is 6.54 Å². The SMILES string of the molecule is CCCCCCC(C)CCCCN=C(C)N. The molecule has 96 valence electrons. The number of aliphatic imine (C=N–C) groups is 1. The molecule has 2 N–H and O–H groups in total. The van der Waals surface area contributed by atoms with Crippen LogP contribution in [0, 0.1) is 5.92 Å². The van der Waals surface area contributed by atoms with Gasteiger partial charge in [-0.25, -0.2) is 0 Å². The summed E-state index contributed by atoms with van der Waals surface area (Å²) in [6, 6.07) is 0. The van der Waals surface area contributed by atoms with Crippen LogP contribution in [0.4, 0.5) is 0 Å². The fourth-order valence-corrected chi connectivity index (χ4v) is 1.92. The van der Waals surface area contributed by atoms with Crippen molar-refractivity contribution in [3.8, 4) is 0 Å². The molecule has 0 saturated heterocycles. The summed E-state index contributed by atoms with van der Waals surface area (Å²) in [6.45, 7) is 7.41. The Morgan fingerprint density at radius 2 is 1.69 bits per heavy atom. The third-order valence-electron chi connectivity index (χ3n) is 3.02. The van der Waals surface area contributed by atoms with Gasteiger partial charge in [0.2, 0.25) is 0 Å². The molecule has 2 heteroatoms. The Balaban J connectivity index is 3.23. The molecule has 0 aliphatic carbocycles.